The Hall–Kier alpha value is -0.120. The lowest BCUT2D eigenvalue weighted by atomic mass is 10.1. The Morgan fingerprint density at radius 1 is 1.18 bits per heavy atom. The summed E-state index contributed by atoms with van der Waals surface area (Å²) in [4.78, 5) is 2.58. The monoisotopic (exact) mass is 242 g/mol. The summed E-state index contributed by atoms with van der Waals surface area (Å²) in [6.07, 6.45) is 2.89. The molecule has 3 heteroatoms. The second kappa shape index (κ2) is 8.06. The van der Waals surface area contributed by atoms with Crippen LogP contribution in [0, 0.1) is 11.8 Å². The highest BCUT2D eigenvalue weighted by Crippen LogP contribution is 2.13. The summed E-state index contributed by atoms with van der Waals surface area (Å²) in [6, 6.07) is 0. The summed E-state index contributed by atoms with van der Waals surface area (Å²) in [5, 5.41) is 3.54. The van der Waals surface area contributed by atoms with Crippen molar-refractivity contribution < 1.29 is 4.74 Å². The number of hydrogen-bond donors (Lipinski definition) is 1. The molecule has 17 heavy (non-hydrogen) atoms. The molecule has 1 rings (SSSR count). The maximum Gasteiger partial charge on any atom is 0.0595 e. The molecule has 0 radical (unpaired) electrons. The first-order valence-electron chi connectivity index (χ1n) is 7.07. The molecule has 0 saturated carbocycles. The van der Waals surface area contributed by atoms with Gasteiger partial charge < -0.3 is 15.0 Å². The van der Waals surface area contributed by atoms with Crippen molar-refractivity contribution in [1.82, 2.24) is 10.2 Å². The minimum Gasteiger partial charge on any atom is -0.381 e. The van der Waals surface area contributed by atoms with Gasteiger partial charge in [-0.1, -0.05) is 20.8 Å². The topological polar surface area (TPSA) is 24.5 Å². The fourth-order valence-electron chi connectivity index (χ4n) is 2.45. The highest BCUT2D eigenvalue weighted by Gasteiger charge is 2.19. The van der Waals surface area contributed by atoms with Gasteiger partial charge in [0.1, 0.15) is 0 Å². The van der Waals surface area contributed by atoms with Crippen molar-refractivity contribution in [3.63, 3.8) is 0 Å². The van der Waals surface area contributed by atoms with Gasteiger partial charge in [0.25, 0.3) is 0 Å². The number of piperidine rings is 1. The van der Waals surface area contributed by atoms with Crippen LogP contribution >= 0.6 is 0 Å². The summed E-state index contributed by atoms with van der Waals surface area (Å²) < 4.78 is 5.40. The normalized spacial score (nSPS) is 21.0. The summed E-state index contributed by atoms with van der Waals surface area (Å²) in [5.41, 5.74) is 0. The fourth-order valence-corrected chi connectivity index (χ4v) is 2.45. The van der Waals surface area contributed by atoms with Crippen molar-refractivity contribution in [1.29, 1.82) is 0 Å². The summed E-state index contributed by atoms with van der Waals surface area (Å²) in [7, 11) is 1.83. The number of hydrogen-bond acceptors (Lipinski definition) is 3. The van der Waals surface area contributed by atoms with Gasteiger partial charge in [-0.15, -0.1) is 0 Å². The molecule has 3 nitrogen and oxygen atoms in total. The zero-order valence-corrected chi connectivity index (χ0v) is 12.0. The van der Waals surface area contributed by atoms with Gasteiger partial charge in [0.15, 0.2) is 0 Å². The molecule has 0 spiro atoms. The molecule has 0 aromatic carbocycles. The molecular weight excluding hydrogens is 212 g/mol. The van der Waals surface area contributed by atoms with Crippen molar-refractivity contribution >= 4 is 0 Å². The number of nitrogens with zero attached hydrogens (tertiary/aromatic N) is 1. The van der Waals surface area contributed by atoms with Gasteiger partial charge in [0.05, 0.1) is 6.10 Å². The van der Waals surface area contributed by atoms with Crippen LogP contribution in [0.1, 0.15) is 33.6 Å². The molecule has 1 N–H and O–H groups in total. The number of methoxy groups -OCH3 is 1. The van der Waals surface area contributed by atoms with Crippen molar-refractivity contribution in [2.75, 3.05) is 39.8 Å². The van der Waals surface area contributed by atoms with Gasteiger partial charge in [-0.05, 0) is 37.8 Å². The molecule has 1 fully saturated rings. The van der Waals surface area contributed by atoms with Crippen LogP contribution in [0.2, 0.25) is 0 Å². The van der Waals surface area contributed by atoms with E-state index in [0.717, 1.165) is 24.9 Å². The van der Waals surface area contributed by atoms with Gasteiger partial charge in [0.2, 0.25) is 0 Å². The molecule has 102 valence electrons. The molecule has 0 aliphatic carbocycles. The maximum atomic E-state index is 5.40. The third kappa shape index (κ3) is 6.39. The Balaban J connectivity index is 2.08. The van der Waals surface area contributed by atoms with E-state index in [2.05, 4.69) is 31.0 Å². The molecule has 0 aromatic rings. The highest BCUT2D eigenvalue weighted by molar-refractivity contribution is 4.74. The van der Waals surface area contributed by atoms with E-state index in [9.17, 15) is 0 Å². The molecule has 1 saturated heterocycles. The van der Waals surface area contributed by atoms with E-state index in [1.807, 2.05) is 7.11 Å². The minimum absolute atomic E-state index is 0.501. The Kier molecular flexibility index (Phi) is 7.09. The molecule has 1 atom stereocenters. The van der Waals surface area contributed by atoms with Crippen LogP contribution in [0.15, 0.2) is 0 Å². The lowest BCUT2D eigenvalue weighted by Gasteiger charge is -2.33. The molecule has 0 aromatic heterocycles. The van der Waals surface area contributed by atoms with Crippen molar-refractivity contribution in [2.45, 2.75) is 39.7 Å². The van der Waals surface area contributed by atoms with Gasteiger partial charge in [-0.25, -0.2) is 0 Å². The largest absolute Gasteiger partial charge is 0.381 e. The van der Waals surface area contributed by atoms with Crippen LogP contribution in [-0.2, 0) is 4.74 Å². The van der Waals surface area contributed by atoms with E-state index in [0.29, 0.717) is 6.10 Å². The molecular formula is C14H30N2O. The van der Waals surface area contributed by atoms with Gasteiger partial charge in [-0.3, -0.25) is 0 Å². The first kappa shape index (κ1) is 14.9. The lowest BCUT2D eigenvalue weighted by Crippen LogP contribution is -2.41. The van der Waals surface area contributed by atoms with E-state index < -0.39 is 0 Å². The Morgan fingerprint density at radius 2 is 1.82 bits per heavy atom. The van der Waals surface area contributed by atoms with Crippen molar-refractivity contribution in [3.05, 3.63) is 0 Å². The van der Waals surface area contributed by atoms with E-state index in [4.69, 9.17) is 4.74 Å². The van der Waals surface area contributed by atoms with Crippen molar-refractivity contribution in [3.8, 4) is 0 Å². The molecule has 1 unspecified atom stereocenters. The second-order valence-electron chi connectivity index (χ2n) is 5.89. The van der Waals surface area contributed by atoms with E-state index >= 15 is 0 Å². The molecule has 1 heterocycles. The van der Waals surface area contributed by atoms with Crippen molar-refractivity contribution in [2.24, 2.45) is 11.8 Å². The first-order valence-corrected chi connectivity index (χ1v) is 7.07. The summed E-state index contributed by atoms with van der Waals surface area (Å²) in [5.74, 6) is 1.49. The predicted octanol–water partition coefficient (Wildman–Crippen LogP) is 1.98. The van der Waals surface area contributed by atoms with Crippen LogP contribution in [0.4, 0.5) is 0 Å². The highest BCUT2D eigenvalue weighted by atomic mass is 16.5. The van der Waals surface area contributed by atoms with E-state index in [1.165, 1.54) is 32.5 Å². The zero-order chi connectivity index (χ0) is 12.7. The summed E-state index contributed by atoms with van der Waals surface area (Å²) in [6.45, 7) is 12.8. The standard InChI is InChI=1S/C14H30N2O/c1-12(2)9-15-10-13(3)11-16-7-5-14(17-4)6-8-16/h12-15H,5-11H2,1-4H3. The second-order valence-corrected chi connectivity index (χ2v) is 5.89. The fraction of sp³-hybridized carbons (Fsp3) is 1.00. The predicted molar refractivity (Wildman–Crippen MR) is 73.3 cm³/mol. The van der Waals surface area contributed by atoms with Crippen LogP contribution < -0.4 is 5.32 Å². The van der Waals surface area contributed by atoms with E-state index in [1.54, 1.807) is 0 Å². The third-order valence-electron chi connectivity index (χ3n) is 3.48. The first-order chi connectivity index (χ1) is 8.11. The van der Waals surface area contributed by atoms with Crippen LogP contribution in [0.25, 0.3) is 0 Å². The quantitative estimate of drug-likeness (QED) is 0.739. The van der Waals surface area contributed by atoms with Crippen LogP contribution in [0.3, 0.4) is 0 Å². The Morgan fingerprint density at radius 3 is 2.35 bits per heavy atom. The molecule has 0 bridgehead atoms. The summed E-state index contributed by atoms with van der Waals surface area (Å²) >= 11 is 0. The zero-order valence-electron chi connectivity index (χ0n) is 12.0. The number of nitrogens with one attached hydrogen (secondary N) is 1. The van der Waals surface area contributed by atoms with Gasteiger partial charge >= 0.3 is 0 Å². The lowest BCUT2D eigenvalue weighted by molar-refractivity contribution is 0.0373. The van der Waals surface area contributed by atoms with Crippen LogP contribution in [0.5, 0.6) is 0 Å². The average molecular weight is 242 g/mol. The maximum absolute atomic E-state index is 5.40. The van der Waals surface area contributed by atoms with Crippen LogP contribution in [-0.4, -0.2) is 50.8 Å². The number of likely N-dealkylation sites (tertiary alicyclic amines) is 1. The van der Waals surface area contributed by atoms with Gasteiger partial charge in [-0.2, -0.15) is 0 Å². The van der Waals surface area contributed by atoms with E-state index in [-0.39, 0.29) is 0 Å². The Labute approximate surface area is 107 Å². The molecule has 0 amide bonds. The molecule has 1 aliphatic rings. The number of ether oxygens (including phenoxy) is 1. The number of rotatable bonds is 7. The molecule has 1 aliphatic heterocycles. The minimum atomic E-state index is 0.501. The smallest absolute Gasteiger partial charge is 0.0595 e. The van der Waals surface area contributed by atoms with Gasteiger partial charge in [0, 0.05) is 26.7 Å². The average Bonchev–Trinajstić information content (AvgIpc) is 2.29. The third-order valence-corrected chi connectivity index (χ3v) is 3.48. The Bertz CT molecular complexity index is 189. The SMILES string of the molecule is COC1CCN(CC(C)CNCC(C)C)CC1.